The van der Waals surface area contributed by atoms with Gasteiger partial charge in [0.25, 0.3) is 0 Å². The van der Waals surface area contributed by atoms with Gasteiger partial charge in [-0.1, -0.05) is 25.3 Å². The first kappa shape index (κ1) is 14.0. The Morgan fingerprint density at radius 3 is 3.00 bits per heavy atom. The minimum atomic E-state index is -0.0305. The summed E-state index contributed by atoms with van der Waals surface area (Å²) >= 11 is 0. The Bertz CT molecular complexity index is 318. The Kier molecular flexibility index (Phi) is 6.05. The van der Waals surface area contributed by atoms with E-state index in [1.165, 1.54) is 12.8 Å². The number of rotatable bonds is 5. The minimum absolute atomic E-state index is 0.0305. The first-order valence-corrected chi connectivity index (χ1v) is 6.85. The molecule has 0 amide bonds. The molecule has 1 atom stereocenters. The average molecular weight is 232 g/mol. The summed E-state index contributed by atoms with van der Waals surface area (Å²) in [7, 11) is 0. The van der Waals surface area contributed by atoms with Crippen LogP contribution in [0.4, 0.5) is 0 Å². The number of Topliss-reactive ketones (excluding diaryl/α,β-unsaturated/α-hetero) is 1. The molecule has 1 fully saturated rings. The summed E-state index contributed by atoms with van der Waals surface area (Å²) in [6, 6.07) is 0. The van der Waals surface area contributed by atoms with Crippen molar-refractivity contribution in [2.24, 2.45) is 5.41 Å². The van der Waals surface area contributed by atoms with Gasteiger partial charge < -0.3 is 0 Å². The van der Waals surface area contributed by atoms with Gasteiger partial charge in [0.1, 0.15) is 5.78 Å². The summed E-state index contributed by atoms with van der Waals surface area (Å²) in [4.78, 5) is 11.6. The molecule has 0 radical (unpaired) electrons. The standard InChI is InChI=1S/C16H24O/c1-3-5-7-8-12-16(11-6-4-2)13-9-10-15(17)14-16/h4H,2-3,5-7,9-11,13-14H2,1H3/t16-/m0/s1. The first-order valence-electron chi connectivity index (χ1n) is 6.85. The van der Waals surface area contributed by atoms with E-state index >= 15 is 0 Å². The van der Waals surface area contributed by atoms with E-state index < -0.39 is 0 Å². The van der Waals surface area contributed by atoms with Gasteiger partial charge in [0.15, 0.2) is 0 Å². The van der Waals surface area contributed by atoms with Crippen molar-refractivity contribution in [2.75, 3.05) is 0 Å². The average Bonchev–Trinajstić information content (AvgIpc) is 2.33. The summed E-state index contributed by atoms with van der Waals surface area (Å²) in [6.45, 7) is 5.95. The number of allylic oxidation sites excluding steroid dienone is 1. The third-order valence-electron chi connectivity index (χ3n) is 3.48. The third-order valence-corrected chi connectivity index (χ3v) is 3.48. The zero-order chi connectivity index (χ0) is 12.6. The maximum Gasteiger partial charge on any atom is 0.134 e. The maximum atomic E-state index is 11.6. The second-order valence-corrected chi connectivity index (χ2v) is 5.08. The third kappa shape index (κ3) is 4.77. The van der Waals surface area contributed by atoms with Crippen LogP contribution in [0.15, 0.2) is 12.7 Å². The highest BCUT2D eigenvalue weighted by Crippen LogP contribution is 2.38. The second-order valence-electron chi connectivity index (χ2n) is 5.08. The van der Waals surface area contributed by atoms with Gasteiger partial charge in [-0.25, -0.2) is 0 Å². The zero-order valence-corrected chi connectivity index (χ0v) is 11.1. The Balaban J connectivity index is 2.65. The molecule has 0 saturated heterocycles. The van der Waals surface area contributed by atoms with Crippen molar-refractivity contribution in [3.63, 3.8) is 0 Å². The van der Waals surface area contributed by atoms with Crippen LogP contribution in [0.5, 0.6) is 0 Å². The molecule has 0 unspecified atom stereocenters. The molecule has 1 aliphatic carbocycles. The van der Waals surface area contributed by atoms with E-state index in [2.05, 4.69) is 25.3 Å². The molecule has 17 heavy (non-hydrogen) atoms. The largest absolute Gasteiger partial charge is 0.300 e. The topological polar surface area (TPSA) is 17.1 Å². The van der Waals surface area contributed by atoms with Crippen molar-refractivity contribution in [1.29, 1.82) is 0 Å². The normalized spacial score (nSPS) is 23.9. The molecule has 0 aromatic heterocycles. The summed E-state index contributed by atoms with van der Waals surface area (Å²) in [5.74, 6) is 7.10. The van der Waals surface area contributed by atoms with E-state index in [0.29, 0.717) is 12.2 Å². The smallest absolute Gasteiger partial charge is 0.134 e. The van der Waals surface area contributed by atoms with Crippen LogP contribution in [0.1, 0.15) is 64.7 Å². The SMILES string of the molecule is C=CCC[C@]1(C#CCCCC)CCCC(=O)C1. The predicted molar refractivity (Wildman–Crippen MR) is 72.6 cm³/mol. The Hall–Kier alpha value is -1.03. The van der Waals surface area contributed by atoms with Crippen LogP contribution in [0.3, 0.4) is 0 Å². The van der Waals surface area contributed by atoms with E-state index in [9.17, 15) is 4.79 Å². The van der Waals surface area contributed by atoms with Crippen molar-refractivity contribution >= 4 is 5.78 Å². The van der Waals surface area contributed by atoms with Crippen molar-refractivity contribution in [1.82, 2.24) is 0 Å². The number of ketones is 1. The van der Waals surface area contributed by atoms with Gasteiger partial charge in [0.2, 0.25) is 0 Å². The summed E-state index contributed by atoms with van der Waals surface area (Å²) in [6.07, 6.45) is 10.8. The summed E-state index contributed by atoms with van der Waals surface area (Å²) < 4.78 is 0. The Morgan fingerprint density at radius 1 is 1.53 bits per heavy atom. The molecule has 1 nitrogen and oxygen atoms in total. The number of hydrogen-bond donors (Lipinski definition) is 0. The molecule has 0 heterocycles. The van der Waals surface area contributed by atoms with Crippen LogP contribution in [0, 0.1) is 17.3 Å². The predicted octanol–water partition coefficient (Wildman–Crippen LogP) is 4.28. The lowest BCUT2D eigenvalue weighted by Crippen LogP contribution is -2.27. The maximum absolute atomic E-state index is 11.6. The molecule has 0 aliphatic heterocycles. The van der Waals surface area contributed by atoms with Crippen molar-refractivity contribution in [3.05, 3.63) is 12.7 Å². The molecule has 0 aromatic carbocycles. The van der Waals surface area contributed by atoms with Gasteiger partial charge in [0, 0.05) is 24.7 Å². The molecule has 1 saturated carbocycles. The molecule has 0 bridgehead atoms. The van der Waals surface area contributed by atoms with Gasteiger partial charge in [-0.15, -0.1) is 12.5 Å². The molecule has 94 valence electrons. The lowest BCUT2D eigenvalue weighted by Gasteiger charge is -2.31. The van der Waals surface area contributed by atoms with E-state index in [1.54, 1.807) is 0 Å². The number of carbonyl (C=O) groups excluding carboxylic acids is 1. The number of hydrogen-bond acceptors (Lipinski definition) is 1. The van der Waals surface area contributed by atoms with Crippen LogP contribution >= 0.6 is 0 Å². The second kappa shape index (κ2) is 7.33. The van der Waals surface area contributed by atoms with E-state index in [-0.39, 0.29) is 5.41 Å². The van der Waals surface area contributed by atoms with Crippen molar-refractivity contribution < 1.29 is 4.79 Å². The molecule has 1 rings (SSSR count). The number of carbonyl (C=O) groups is 1. The molecule has 0 N–H and O–H groups in total. The monoisotopic (exact) mass is 232 g/mol. The van der Waals surface area contributed by atoms with E-state index in [4.69, 9.17) is 0 Å². The van der Waals surface area contributed by atoms with Gasteiger partial charge >= 0.3 is 0 Å². The quantitative estimate of drug-likeness (QED) is 0.393. The van der Waals surface area contributed by atoms with Crippen molar-refractivity contribution in [3.8, 4) is 11.8 Å². The molecular formula is C16H24O. The molecule has 0 spiro atoms. The zero-order valence-electron chi connectivity index (χ0n) is 11.1. The highest BCUT2D eigenvalue weighted by molar-refractivity contribution is 5.80. The molecule has 1 heteroatoms. The fourth-order valence-corrected chi connectivity index (χ4v) is 2.45. The first-order chi connectivity index (χ1) is 8.22. The molecule has 0 aromatic rings. The fourth-order valence-electron chi connectivity index (χ4n) is 2.45. The van der Waals surface area contributed by atoms with Gasteiger partial charge in [0.05, 0.1) is 0 Å². The Labute approximate surface area is 106 Å². The highest BCUT2D eigenvalue weighted by Gasteiger charge is 2.33. The van der Waals surface area contributed by atoms with Crippen LogP contribution < -0.4 is 0 Å². The van der Waals surface area contributed by atoms with E-state index in [0.717, 1.165) is 38.5 Å². The summed E-state index contributed by atoms with van der Waals surface area (Å²) in [5.41, 5.74) is -0.0305. The minimum Gasteiger partial charge on any atom is -0.300 e. The summed E-state index contributed by atoms with van der Waals surface area (Å²) in [5, 5.41) is 0. The van der Waals surface area contributed by atoms with Gasteiger partial charge in [-0.05, 0) is 32.1 Å². The number of unbranched alkanes of at least 4 members (excludes halogenated alkanes) is 2. The lowest BCUT2D eigenvalue weighted by molar-refractivity contribution is -0.122. The van der Waals surface area contributed by atoms with Crippen LogP contribution in [-0.4, -0.2) is 5.78 Å². The van der Waals surface area contributed by atoms with Crippen LogP contribution in [0.25, 0.3) is 0 Å². The van der Waals surface area contributed by atoms with Crippen LogP contribution in [0.2, 0.25) is 0 Å². The lowest BCUT2D eigenvalue weighted by atomic mass is 9.71. The molecular weight excluding hydrogens is 208 g/mol. The van der Waals surface area contributed by atoms with Crippen molar-refractivity contribution in [2.45, 2.75) is 64.7 Å². The van der Waals surface area contributed by atoms with Gasteiger partial charge in [-0.2, -0.15) is 0 Å². The fraction of sp³-hybridized carbons (Fsp3) is 0.688. The van der Waals surface area contributed by atoms with Gasteiger partial charge in [-0.3, -0.25) is 4.79 Å². The molecule has 1 aliphatic rings. The highest BCUT2D eigenvalue weighted by atomic mass is 16.1. The Morgan fingerprint density at radius 2 is 2.35 bits per heavy atom. The van der Waals surface area contributed by atoms with E-state index in [1.807, 2.05) is 6.08 Å². The van der Waals surface area contributed by atoms with Crippen LogP contribution in [-0.2, 0) is 4.79 Å².